The van der Waals surface area contributed by atoms with E-state index in [2.05, 4.69) is 15.0 Å². The summed E-state index contributed by atoms with van der Waals surface area (Å²) in [7, 11) is 0. The molecule has 0 aliphatic heterocycles. The van der Waals surface area contributed by atoms with E-state index in [9.17, 15) is 4.55 Å². The van der Waals surface area contributed by atoms with Gasteiger partial charge < -0.3 is 10.3 Å². The van der Waals surface area contributed by atoms with Crippen LogP contribution in [0.2, 0.25) is 0 Å². The van der Waals surface area contributed by atoms with Gasteiger partial charge in [-0.1, -0.05) is 11.3 Å². The summed E-state index contributed by atoms with van der Waals surface area (Å²) >= 11 is 1.64. The molecule has 0 amide bonds. The molecule has 26 heavy (non-hydrogen) atoms. The van der Waals surface area contributed by atoms with Gasteiger partial charge in [0.2, 0.25) is 4.21 Å². The number of aromatic nitrogens is 4. The third-order valence-electron chi connectivity index (χ3n) is 3.72. The zero-order chi connectivity index (χ0) is 18.3. The number of thiophene rings is 1. The van der Waals surface area contributed by atoms with Crippen LogP contribution in [0.4, 0.5) is 5.69 Å². The number of hydrogen-bond donors (Lipinski definition) is 1. The van der Waals surface area contributed by atoms with E-state index in [4.69, 9.17) is 10.7 Å². The Labute approximate surface area is 161 Å². The lowest BCUT2D eigenvalue weighted by atomic mass is 10.1. The summed E-state index contributed by atoms with van der Waals surface area (Å²) in [6.07, 6.45) is 5.17. The van der Waals surface area contributed by atoms with Gasteiger partial charge >= 0.3 is 0 Å². The minimum absolute atomic E-state index is 0.0291. The summed E-state index contributed by atoms with van der Waals surface area (Å²) < 4.78 is 13.3. The maximum atomic E-state index is 12.7. The molecule has 4 aromatic heterocycles. The van der Waals surface area contributed by atoms with Gasteiger partial charge in [-0.15, -0.1) is 11.3 Å². The normalized spacial score (nSPS) is 12.8. The highest BCUT2D eigenvalue weighted by Crippen LogP contribution is 2.42. The van der Waals surface area contributed by atoms with Crippen molar-refractivity contribution in [3.63, 3.8) is 0 Å². The molecule has 0 radical (unpaired) electrons. The standard InChI is InChI=1S/C17H15N5OS3/c1-9(2)26(23)17-12(18)11-13(10-4-3-5-19-8-10)21-14(22-15(11)25-17)16-20-6-7-24-16/h3-9H,18H2,1-2H3. The molecule has 0 fully saturated rings. The Kier molecular flexibility index (Phi) is 4.62. The molecule has 0 bridgehead atoms. The van der Waals surface area contributed by atoms with E-state index in [1.807, 2.05) is 31.4 Å². The molecule has 132 valence electrons. The van der Waals surface area contributed by atoms with Crippen LogP contribution >= 0.6 is 22.7 Å². The first-order valence-electron chi connectivity index (χ1n) is 7.87. The van der Waals surface area contributed by atoms with Gasteiger partial charge in [0.05, 0.1) is 11.1 Å². The van der Waals surface area contributed by atoms with Gasteiger partial charge in [-0.3, -0.25) is 4.98 Å². The molecule has 0 saturated heterocycles. The fourth-order valence-electron chi connectivity index (χ4n) is 2.51. The molecule has 0 aliphatic carbocycles. The van der Waals surface area contributed by atoms with Crippen LogP contribution < -0.4 is 5.73 Å². The summed E-state index contributed by atoms with van der Waals surface area (Å²) in [6.45, 7) is 3.82. The van der Waals surface area contributed by atoms with Crippen LogP contribution in [-0.2, 0) is 11.2 Å². The number of hydrogen-bond acceptors (Lipinski definition) is 8. The average Bonchev–Trinajstić information content (AvgIpc) is 3.29. The van der Waals surface area contributed by atoms with Gasteiger partial charge in [-0.05, 0) is 26.0 Å². The Morgan fingerprint density at radius 3 is 2.73 bits per heavy atom. The highest BCUT2D eigenvalue weighted by atomic mass is 32.2. The van der Waals surface area contributed by atoms with E-state index in [0.29, 0.717) is 26.2 Å². The fourth-order valence-corrected chi connectivity index (χ4v) is 5.79. The number of nitrogen functional groups attached to an aromatic ring is 1. The number of rotatable bonds is 4. The quantitative estimate of drug-likeness (QED) is 0.519. The fraction of sp³-hybridized carbons (Fsp3) is 0.176. The Bertz CT molecular complexity index is 1050. The second kappa shape index (κ2) is 6.92. The first kappa shape index (κ1) is 17.3. The van der Waals surface area contributed by atoms with E-state index in [-0.39, 0.29) is 5.25 Å². The Balaban J connectivity index is 2.02. The van der Waals surface area contributed by atoms with Gasteiger partial charge in [-0.2, -0.15) is 0 Å². The van der Waals surface area contributed by atoms with E-state index >= 15 is 0 Å². The van der Waals surface area contributed by atoms with Crippen molar-refractivity contribution in [1.29, 1.82) is 0 Å². The van der Waals surface area contributed by atoms with Crippen LogP contribution in [0.1, 0.15) is 13.8 Å². The van der Waals surface area contributed by atoms with E-state index in [1.54, 1.807) is 18.6 Å². The summed E-state index contributed by atoms with van der Waals surface area (Å²) in [5, 5.41) is 3.32. The lowest BCUT2D eigenvalue weighted by Crippen LogP contribution is -2.13. The summed E-state index contributed by atoms with van der Waals surface area (Å²) in [5.74, 6) is 0.537. The van der Waals surface area contributed by atoms with E-state index < -0.39 is 11.2 Å². The second-order valence-electron chi connectivity index (χ2n) is 5.80. The first-order chi connectivity index (χ1) is 12.6. The van der Waals surface area contributed by atoms with Crippen molar-refractivity contribution in [3.05, 3.63) is 36.1 Å². The van der Waals surface area contributed by atoms with Crippen molar-refractivity contribution in [1.82, 2.24) is 19.9 Å². The number of nitrogens with two attached hydrogens (primary N) is 1. The van der Waals surface area contributed by atoms with Crippen molar-refractivity contribution < 1.29 is 4.55 Å². The number of fused-ring (bicyclic) bond motifs is 1. The van der Waals surface area contributed by atoms with Gasteiger partial charge in [0, 0.05) is 40.7 Å². The zero-order valence-corrected chi connectivity index (χ0v) is 16.5. The Morgan fingerprint density at radius 1 is 1.23 bits per heavy atom. The molecule has 9 heteroatoms. The predicted octanol–water partition coefficient (Wildman–Crippen LogP) is 3.98. The summed E-state index contributed by atoms with van der Waals surface area (Å²) in [6, 6.07) is 3.78. The minimum Gasteiger partial charge on any atom is -0.611 e. The Hall–Kier alpha value is -2.07. The molecule has 6 nitrogen and oxygen atoms in total. The van der Waals surface area contributed by atoms with Crippen molar-refractivity contribution in [2.24, 2.45) is 0 Å². The predicted molar refractivity (Wildman–Crippen MR) is 108 cm³/mol. The summed E-state index contributed by atoms with van der Waals surface area (Å²) in [5.41, 5.74) is 8.40. The minimum atomic E-state index is -1.19. The molecular weight excluding hydrogens is 386 g/mol. The molecular formula is C17H15N5OS3. The number of anilines is 1. The monoisotopic (exact) mass is 401 g/mol. The maximum Gasteiger partial charge on any atom is 0.232 e. The third-order valence-corrected chi connectivity index (χ3v) is 7.57. The largest absolute Gasteiger partial charge is 0.611 e. The number of thiazole rings is 1. The molecule has 0 saturated carbocycles. The Morgan fingerprint density at radius 2 is 2.08 bits per heavy atom. The van der Waals surface area contributed by atoms with Gasteiger partial charge in [0.15, 0.2) is 10.8 Å². The molecule has 1 unspecified atom stereocenters. The molecule has 4 rings (SSSR count). The van der Waals surface area contributed by atoms with Crippen LogP contribution in [0.3, 0.4) is 0 Å². The van der Waals surface area contributed by atoms with Crippen LogP contribution in [-0.4, -0.2) is 29.7 Å². The SMILES string of the molecule is CC(C)[S+]([O-])c1sc2nc(-c3nccs3)nc(-c3cccnc3)c2c1N. The van der Waals surface area contributed by atoms with Crippen molar-refractivity contribution >= 4 is 49.8 Å². The van der Waals surface area contributed by atoms with E-state index in [0.717, 1.165) is 16.0 Å². The van der Waals surface area contributed by atoms with Crippen LogP contribution in [0.25, 0.3) is 32.3 Å². The van der Waals surface area contributed by atoms with Crippen LogP contribution in [0.15, 0.2) is 40.3 Å². The maximum absolute atomic E-state index is 12.7. The molecule has 0 aliphatic rings. The summed E-state index contributed by atoms with van der Waals surface area (Å²) in [4.78, 5) is 18.6. The number of pyridine rings is 1. The molecule has 0 spiro atoms. The van der Waals surface area contributed by atoms with Gasteiger partial charge in [0.1, 0.15) is 15.8 Å². The molecule has 0 aromatic carbocycles. The zero-order valence-electron chi connectivity index (χ0n) is 14.0. The molecule has 2 N–H and O–H groups in total. The van der Waals surface area contributed by atoms with Gasteiger partial charge in [-0.25, -0.2) is 15.0 Å². The molecule has 1 atom stereocenters. The smallest absolute Gasteiger partial charge is 0.232 e. The number of nitrogens with zero attached hydrogens (tertiary/aromatic N) is 4. The molecule has 4 heterocycles. The topological polar surface area (TPSA) is 101 Å². The molecule has 4 aromatic rings. The first-order valence-corrected chi connectivity index (χ1v) is 10.8. The highest BCUT2D eigenvalue weighted by Gasteiger charge is 2.27. The lowest BCUT2D eigenvalue weighted by molar-refractivity contribution is 0.589. The van der Waals surface area contributed by atoms with Crippen molar-refractivity contribution in [2.45, 2.75) is 23.3 Å². The third kappa shape index (κ3) is 2.96. The van der Waals surface area contributed by atoms with Gasteiger partial charge in [0.25, 0.3) is 0 Å². The van der Waals surface area contributed by atoms with Crippen molar-refractivity contribution in [3.8, 4) is 22.1 Å². The van der Waals surface area contributed by atoms with Crippen molar-refractivity contribution in [2.75, 3.05) is 5.73 Å². The van der Waals surface area contributed by atoms with E-state index in [1.165, 1.54) is 22.7 Å². The lowest BCUT2D eigenvalue weighted by Gasteiger charge is -2.12. The highest BCUT2D eigenvalue weighted by molar-refractivity contribution is 7.94. The second-order valence-corrected chi connectivity index (χ2v) is 9.90. The van der Waals surface area contributed by atoms with Crippen LogP contribution in [0.5, 0.6) is 0 Å². The van der Waals surface area contributed by atoms with Crippen LogP contribution in [0, 0.1) is 0 Å². The average molecular weight is 402 g/mol.